The molecule has 0 aromatic heterocycles. The van der Waals surface area contributed by atoms with Crippen LogP contribution in [0.15, 0.2) is 0 Å². The van der Waals surface area contributed by atoms with Crippen molar-refractivity contribution in [2.75, 3.05) is 13.1 Å². The second kappa shape index (κ2) is 4.71. The Hall–Kier alpha value is -0.280. The molecule has 2 fully saturated rings. The van der Waals surface area contributed by atoms with Crippen LogP contribution >= 0.6 is 12.4 Å². The van der Waals surface area contributed by atoms with Crippen molar-refractivity contribution in [1.29, 1.82) is 0 Å². The standard InChI is InChI=1S/C11H20N2O.ClH/c1-11(5-3-2-4-6-11)10(14)13-7-9(12)8-13;/h9H,2-8,12H2,1H3;1H. The minimum Gasteiger partial charge on any atom is -0.339 e. The van der Waals surface area contributed by atoms with E-state index < -0.39 is 0 Å². The Morgan fingerprint density at radius 1 is 1.27 bits per heavy atom. The van der Waals surface area contributed by atoms with E-state index in [4.69, 9.17) is 5.73 Å². The van der Waals surface area contributed by atoms with Gasteiger partial charge in [-0.1, -0.05) is 26.2 Å². The minimum absolute atomic E-state index is 0. The highest BCUT2D eigenvalue weighted by Gasteiger charge is 2.40. The van der Waals surface area contributed by atoms with Gasteiger partial charge in [0, 0.05) is 24.5 Å². The summed E-state index contributed by atoms with van der Waals surface area (Å²) in [6, 6.07) is 0.228. The van der Waals surface area contributed by atoms with Crippen molar-refractivity contribution in [3.63, 3.8) is 0 Å². The normalized spacial score (nSPS) is 25.3. The molecule has 2 aliphatic rings. The summed E-state index contributed by atoms with van der Waals surface area (Å²) in [6.07, 6.45) is 5.85. The molecule has 0 spiro atoms. The molecule has 1 aliphatic heterocycles. The molecule has 1 aliphatic carbocycles. The average molecular weight is 233 g/mol. The van der Waals surface area contributed by atoms with Gasteiger partial charge in [-0.3, -0.25) is 4.79 Å². The van der Waals surface area contributed by atoms with E-state index in [-0.39, 0.29) is 23.9 Å². The van der Waals surface area contributed by atoms with Crippen LogP contribution in [0.5, 0.6) is 0 Å². The molecule has 0 aromatic rings. The maximum atomic E-state index is 12.1. The molecule has 1 saturated carbocycles. The van der Waals surface area contributed by atoms with Gasteiger partial charge in [-0.15, -0.1) is 12.4 Å². The third kappa shape index (κ3) is 2.45. The lowest BCUT2D eigenvalue weighted by Gasteiger charge is -2.44. The summed E-state index contributed by atoms with van der Waals surface area (Å²) >= 11 is 0. The number of carbonyl (C=O) groups is 1. The lowest BCUT2D eigenvalue weighted by atomic mass is 9.74. The molecular weight excluding hydrogens is 212 g/mol. The number of carbonyl (C=O) groups excluding carboxylic acids is 1. The van der Waals surface area contributed by atoms with E-state index in [0.717, 1.165) is 25.9 Å². The molecule has 1 amide bonds. The van der Waals surface area contributed by atoms with Crippen LogP contribution in [-0.4, -0.2) is 29.9 Å². The number of nitrogens with two attached hydrogens (primary N) is 1. The van der Waals surface area contributed by atoms with Crippen LogP contribution in [0.3, 0.4) is 0 Å². The van der Waals surface area contributed by atoms with Crippen LogP contribution in [0.25, 0.3) is 0 Å². The molecule has 1 heterocycles. The van der Waals surface area contributed by atoms with Gasteiger partial charge in [-0.2, -0.15) is 0 Å². The van der Waals surface area contributed by atoms with E-state index in [2.05, 4.69) is 6.92 Å². The lowest BCUT2D eigenvalue weighted by molar-refractivity contribution is -0.147. The van der Waals surface area contributed by atoms with Crippen molar-refractivity contribution in [2.45, 2.75) is 45.1 Å². The third-order valence-electron chi connectivity index (χ3n) is 3.67. The van der Waals surface area contributed by atoms with Crippen LogP contribution in [-0.2, 0) is 4.79 Å². The Labute approximate surface area is 97.8 Å². The Morgan fingerprint density at radius 3 is 2.27 bits per heavy atom. The van der Waals surface area contributed by atoms with Gasteiger partial charge >= 0.3 is 0 Å². The summed E-state index contributed by atoms with van der Waals surface area (Å²) in [7, 11) is 0. The minimum atomic E-state index is -0.0710. The summed E-state index contributed by atoms with van der Waals surface area (Å²) in [5.41, 5.74) is 5.61. The van der Waals surface area contributed by atoms with Crippen molar-refractivity contribution >= 4 is 18.3 Å². The molecular formula is C11H21ClN2O. The van der Waals surface area contributed by atoms with Crippen LogP contribution in [0.4, 0.5) is 0 Å². The maximum absolute atomic E-state index is 12.1. The number of halogens is 1. The first kappa shape index (κ1) is 12.8. The lowest BCUT2D eigenvalue weighted by Crippen LogP contribution is -2.61. The Morgan fingerprint density at radius 2 is 1.80 bits per heavy atom. The number of hydrogen-bond donors (Lipinski definition) is 1. The summed E-state index contributed by atoms with van der Waals surface area (Å²) in [4.78, 5) is 14.0. The van der Waals surface area contributed by atoms with Crippen molar-refractivity contribution < 1.29 is 4.79 Å². The van der Waals surface area contributed by atoms with Crippen molar-refractivity contribution in [3.8, 4) is 0 Å². The third-order valence-corrected chi connectivity index (χ3v) is 3.67. The quantitative estimate of drug-likeness (QED) is 0.746. The number of amides is 1. The Kier molecular flexibility index (Phi) is 4.01. The molecule has 2 rings (SSSR count). The number of hydrogen-bond acceptors (Lipinski definition) is 2. The highest BCUT2D eigenvalue weighted by Crippen LogP contribution is 2.38. The first-order valence-corrected chi connectivity index (χ1v) is 5.67. The molecule has 0 atom stereocenters. The number of rotatable bonds is 1. The maximum Gasteiger partial charge on any atom is 0.228 e. The van der Waals surface area contributed by atoms with E-state index >= 15 is 0 Å². The van der Waals surface area contributed by atoms with E-state index in [0.29, 0.717) is 5.91 Å². The molecule has 15 heavy (non-hydrogen) atoms. The van der Waals surface area contributed by atoms with Gasteiger partial charge in [0.2, 0.25) is 5.91 Å². The second-order valence-corrected chi connectivity index (χ2v) is 5.09. The smallest absolute Gasteiger partial charge is 0.228 e. The Bertz CT molecular complexity index is 233. The molecule has 0 aromatic carbocycles. The molecule has 1 saturated heterocycles. The number of nitrogens with zero attached hydrogens (tertiary/aromatic N) is 1. The van der Waals surface area contributed by atoms with E-state index in [9.17, 15) is 4.79 Å². The summed E-state index contributed by atoms with van der Waals surface area (Å²) in [5.74, 6) is 0.346. The largest absolute Gasteiger partial charge is 0.339 e. The topological polar surface area (TPSA) is 46.3 Å². The van der Waals surface area contributed by atoms with Gasteiger partial charge in [0.25, 0.3) is 0 Å². The average Bonchev–Trinajstić information content (AvgIpc) is 2.13. The molecule has 0 unspecified atom stereocenters. The molecule has 4 heteroatoms. The first-order valence-electron chi connectivity index (χ1n) is 5.67. The van der Waals surface area contributed by atoms with E-state index in [1.165, 1.54) is 19.3 Å². The fourth-order valence-corrected chi connectivity index (χ4v) is 2.61. The fraction of sp³-hybridized carbons (Fsp3) is 0.909. The van der Waals surface area contributed by atoms with Crippen LogP contribution in [0.1, 0.15) is 39.0 Å². The fourth-order valence-electron chi connectivity index (χ4n) is 2.61. The highest BCUT2D eigenvalue weighted by atomic mass is 35.5. The SMILES string of the molecule is CC1(C(=O)N2CC(N)C2)CCCCC1.Cl. The molecule has 3 nitrogen and oxygen atoms in total. The molecule has 88 valence electrons. The predicted octanol–water partition coefficient (Wildman–Crippen LogP) is 1.55. The van der Waals surface area contributed by atoms with E-state index in [1.54, 1.807) is 0 Å². The van der Waals surface area contributed by atoms with Gasteiger partial charge in [0.05, 0.1) is 0 Å². The summed E-state index contributed by atoms with van der Waals surface area (Å²) in [6.45, 7) is 3.67. The Balaban J connectivity index is 0.00000112. The van der Waals surface area contributed by atoms with Crippen molar-refractivity contribution in [2.24, 2.45) is 11.1 Å². The van der Waals surface area contributed by atoms with Crippen molar-refractivity contribution in [1.82, 2.24) is 4.90 Å². The summed E-state index contributed by atoms with van der Waals surface area (Å²) < 4.78 is 0. The molecule has 0 radical (unpaired) electrons. The van der Waals surface area contributed by atoms with Gasteiger partial charge in [0.15, 0.2) is 0 Å². The number of likely N-dealkylation sites (tertiary alicyclic amines) is 1. The highest BCUT2D eigenvalue weighted by molar-refractivity contribution is 5.85. The predicted molar refractivity (Wildman–Crippen MR) is 63.0 cm³/mol. The molecule has 2 N–H and O–H groups in total. The first-order chi connectivity index (χ1) is 6.62. The van der Waals surface area contributed by atoms with Gasteiger partial charge in [0.1, 0.15) is 0 Å². The van der Waals surface area contributed by atoms with Gasteiger partial charge in [-0.25, -0.2) is 0 Å². The summed E-state index contributed by atoms with van der Waals surface area (Å²) in [5, 5.41) is 0. The zero-order valence-corrected chi connectivity index (χ0v) is 10.2. The van der Waals surface area contributed by atoms with E-state index in [1.807, 2.05) is 4.90 Å². The van der Waals surface area contributed by atoms with Crippen LogP contribution < -0.4 is 5.73 Å². The van der Waals surface area contributed by atoms with Gasteiger partial charge < -0.3 is 10.6 Å². The van der Waals surface area contributed by atoms with Gasteiger partial charge in [-0.05, 0) is 12.8 Å². The van der Waals surface area contributed by atoms with Crippen LogP contribution in [0, 0.1) is 5.41 Å². The monoisotopic (exact) mass is 232 g/mol. The second-order valence-electron chi connectivity index (χ2n) is 5.09. The zero-order chi connectivity index (χ0) is 10.2. The zero-order valence-electron chi connectivity index (χ0n) is 9.37. The van der Waals surface area contributed by atoms with Crippen molar-refractivity contribution in [3.05, 3.63) is 0 Å². The molecule has 0 bridgehead atoms. The van der Waals surface area contributed by atoms with Crippen LogP contribution in [0.2, 0.25) is 0 Å².